The molecule has 1 aliphatic rings. The highest BCUT2D eigenvalue weighted by Gasteiger charge is 2.27. The highest BCUT2D eigenvalue weighted by molar-refractivity contribution is 9.09. The Morgan fingerprint density at radius 2 is 2.26 bits per heavy atom. The molecule has 2 amide bonds. The largest absolute Gasteiger partial charge is 0.328 e. The summed E-state index contributed by atoms with van der Waals surface area (Å²) < 4.78 is 0. The molecule has 2 rings (SSSR count). The Morgan fingerprint density at radius 3 is 2.84 bits per heavy atom. The number of aryl methyl sites for hydroxylation is 1. The fraction of sp³-hybridized carbons (Fsp3) is 0.385. The fourth-order valence-corrected chi connectivity index (χ4v) is 3.00. The molecule has 6 heteroatoms. The van der Waals surface area contributed by atoms with Crippen molar-refractivity contribution in [1.82, 2.24) is 4.90 Å². The molecule has 0 bridgehead atoms. The number of hydrogen-bond donors (Lipinski definition) is 0. The van der Waals surface area contributed by atoms with Crippen LogP contribution in [-0.2, 0) is 9.59 Å². The maximum atomic E-state index is 12.1. The van der Waals surface area contributed by atoms with Gasteiger partial charge in [-0.3, -0.25) is 9.59 Å². The Hall–Kier alpha value is -1.14. The summed E-state index contributed by atoms with van der Waals surface area (Å²) in [7, 11) is 0. The van der Waals surface area contributed by atoms with Crippen molar-refractivity contribution in [2.24, 2.45) is 0 Å². The van der Waals surface area contributed by atoms with Gasteiger partial charge >= 0.3 is 0 Å². The molecule has 0 spiro atoms. The maximum Gasteiger partial charge on any atom is 0.247 e. The number of carbonyl (C=O) groups is 2. The number of hydrogen-bond acceptors (Lipinski definition) is 3. The molecule has 0 atom stereocenters. The quantitative estimate of drug-likeness (QED) is 0.624. The van der Waals surface area contributed by atoms with Crippen LogP contribution in [0.4, 0.5) is 5.00 Å². The van der Waals surface area contributed by atoms with E-state index in [0.29, 0.717) is 18.4 Å². The number of thiophene rings is 1. The summed E-state index contributed by atoms with van der Waals surface area (Å²) >= 11 is 4.83. The predicted octanol–water partition coefficient (Wildman–Crippen LogP) is 2.18. The summed E-state index contributed by atoms with van der Waals surface area (Å²) in [6.07, 6.45) is 3.24. The molecule has 0 aliphatic carbocycles. The lowest BCUT2D eigenvalue weighted by Gasteiger charge is -2.33. The Balaban J connectivity index is 2.00. The van der Waals surface area contributed by atoms with E-state index in [1.807, 2.05) is 19.1 Å². The molecule has 1 aromatic rings. The van der Waals surface area contributed by atoms with Gasteiger partial charge in [-0.2, -0.15) is 0 Å². The average Bonchev–Trinajstić information content (AvgIpc) is 2.82. The molecule has 19 heavy (non-hydrogen) atoms. The van der Waals surface area contributed by atoms with E-state index in [2.05, 4.69) is 15.9 Å². The standard InChI is InChI=1S/C13H15BrN2O2S/c1-10-4-5-13(19-10)16-8-7-15(9-12(16)18)11(17)3-2-6-14/h2-5H,6-9H2,1H3/b3-2+. The van der Waals surface area contributed by atoms with E-state index in [1.54, 1.807) is 27.2 Å². The van der Waals surface area contributed by atoms with E-state index in [4.69, 9.17) is 0 Å². The van der Waals surface area contributed by atoms with E-state index in [-0.39, 0.29) is 18.4 Å². The normalized spacial score (nSPS) is 16.4. The van der Waals surface area contributed by atoms with Crippen LogP contribution in [0.2, 0.25) is 0 Å². The Bertz CT molecular complexity index is 512. The lowest BCUT2D eigenvalue weighted by Crippen LogP contribution is -2.51. The van der Waals surface area contributed by atoms with Crippen molar-refractivity contribution >= 4 is 44.1 Å². The first-order valence-corrected chi connectivity index (χ1v) is 7.94. The van der Waals surface area contributed by atoms with Crippen LogP contribution in [0, 0.1) is 6.92 Å². The van der Waals surface area contributed by atoms with Crippen molar-refractivity contribution in [3.63, 3.8) is 0 Å². The zero-order chi connectivity index (χ0) is 13.8. The molecule has 0 aromatic carbocycles. The highest BCUT2D eigenvalue weighted by Crippen LogP contribution is 2.26. The summed E-state index contributed by atoms with van der Waals surface area (Å²) in [6, 6.07) is 3.96. The SMILES string of the molecule is Cc1ccc(N2CCN(C(=O)/C=C/CBr)CC2=O)s1. The van der Waals surface area contributed by atoms with E-state index < -0.39 is 0 Å². The Labute approximate surface area is 124 Å². The second-order valence-corrected chi connectivity index (χ2v) is 6.16. The maximum absolute atomic E-state index is 12.1. The van der Waals surface area contributed by atoms with Gasteiger partial charge < -0.3 is 9.80 Å². The molecule has 2 heterocycles. The summed E-state index contributed by atoms with van der Waals surface area (Å²) in [5.41, 5.74) is 0. The zero-order valence-electron chi connectivity index (χ0n) is 10.6. The zero-order valence-corrected chi connectivity index (χ0v) is 13.0. The number of allylic oxidation sites excluding steroid dienone is 1. The van der Waals surface area contributed by atoms with Crippen molar-refractivity contribution in [3.8, 4) is 0 Å². The topological polar surface area (TPSA) is 40.6 Å². The van der Waals surface area contributed by atoms with Crippen molar-refractivity contribution < 1.29 is 9.59 Å². The van der Waals surface area contributed by atoms with E-state index in [9.17, 15) is 9.59 Å². The summed E-state index contributed by atoms with van der Waals surface area (Å²) in [4.78, 5) is 28.4. The molecular formula is C13H15BrN2O2S. The van der Waals surface area contributed by atoms with Gasteiger partial charge in [-0.15, -0.1) is 11.3 Å². The lowest BCUT2D eigenvalue weighted by atomic mass is 10.3. The molecule has 0 unspecified atom stereocenters. The fourth-order valence-electron chi connectivity index (χ4n) is 1.91. The van der Waals surface area contributed by atoms with E-state index in [1.165, 1.54) is 11.0 Å². The molecule has 1 saturated heterocycles. The van der Waals surface area contributed by atoms with Gasteiger partial charge in [-0.05, 0) is 25.1 Å². The number of anilines is 1. The van der Waals surface area contributed by atoms with Gasteiger partial charge in [0.15, 0.2) is 0 Å². The van der Waals surface area contributed by atoms with Crippen molar-refractivity contribution in [2.45, 2.75) is 6.92 Å². The second kappa shape index (κ2) is 6.34. The number of amides is 2. The lowest BCUT2D eigenvalue weighted by molar-refractivity contribution is -0.133. The molecule has 1 aromatic heterocycles. The van der Waals surface area contributed by atoms with E-state index in [0.717, 1.165) is 5.00 Å². The van der Waals surface area contributed by atoms with Crippen LogP contribution >= 0.6 is 27.3 Å². The smallest absolute Gasteiger partial charge is 0.247 e. The summed E-state index contributed by atoms with van der Waals surface area (Å²) in [5.74, 6) is -0.122. The molecule has 4 nitrogen and oxygen atoms in total. The van der Waals surface area contributed by atoms with Crippen LogP contribution in [0.5, 0.6) is 0 Å². The third-order valence-corrected chi connectivity index (χ3v) is 4.27. The Kier molecular flexibility index (Phi) is 4.76. The first-order chi connectivity index (χ1) is 9.11. The molecule has 1 aliphatic heterocycles. The van der Waals surface area contributed by atoms with Crippen LogP contribution < -0.4 is 4.90 Å². The Morgan fingerprint density at radius 1 is 1.47 bits per heavy atom. The second-order valence-electron chi connectivity index (χ2n) is 4.25. The minimum atomic E-state index is -0.102. The molecule has 0 N–H and O–H groups in total. The predicted molar refractivity (Wildman–Crippen MR) is 80.9 cm³/mol. The molecule has 0 saturated carbocycles. The number of carbonyl (C=O) groups excluding carboxylic acids is 2. The minimum absolute atomic E-state index is 0.0197. The molecule has 102 valence electrons. The van der Waals surface area contributed by atoms with Gasteiger partial charge in [-0.1, -0.05) is 22.0 Å². The van der Waals surface area contributed by atoms with Crippen LogP contribution in [-0.4, -0.2) is 41.7 Å². The van der Waals surface area contributed by atoms with Crippen molar-refractivity contribution in [2.75, 3.05) is 29.9 Å². The number of halogens is 1. The van der Waals surface area contributed by atoms with Crippen molar-refractivity contribution in [3.05, 3.63) is 29.2 Å². The number of rotatable bonds is 3. The molecular weight excluding hydrogens is 328 g/mol. The van der Waals surface area contributed by atoms with Crippen LogP contribution in [0.1, 0.15) is 4.88 Å². The minimum Gasteiger partial charge on any atom is -0.328 e. The van der Waals surface area contributed by atoms with Crippen LogP contribution in [0.3, 0.4) is 0 Å². The molecule has 1 fully saturated rings. The van der Waals surface area contributed by atoms with Gasteiger partial charge in [0.1, 0.15) is 6.54 Å². The summed E-state index contributed by atoms with van der Waals surface area (Å²) in [6.45, 7) is 3.31. The summed E-state index contributed by atoms with van der Waals surface area (Å²) in [5, 5.41) is 1.60. The number of piperazine rings is 1. The van der Waals surface area contributed by atoms with Crippen LogP contribution in [0.15, 0.2) is 24.3 Å². The molecule has 0 radical (unpaired) electrons. The third kappa shape index (κ3) is 3.45. The monoisotopic (exact) mass is 342 g/mol. The third-order valence-electron chi connectivity index (χ3n) is 2.87. The van der Waals surface area contributed by atoms with Gasteiger partial charge in [0, 0.05) is 23.3 Å². The van der Waals surface area contributed by atoms with Crippen molar-refractivity contribution in [1.29, 1.82) is 0 Å². The van der Waals surface area contributed by atoms with E-state index >= 15 is 0 Å². The number of nitrogens with zero attached hydrogens (tertiary/aromatic N) is 2. The van der Waals surface area contributed by atoms with Gasteiger partial charge in [0.25, 0.3) is 0 Å². The average molecular weight is 343 g/mol. The van der Waals surface area contributed by atoms with Crippen LogP contribution in [0.25, 0.3) is 0 Å². The van der Waals surface area contributed by atoms with Gasteiger partial charge in [0.2, 0.25) is 11.8 Å². The highest BCUT2D eigenvalue weighted by atomic mass is 79.9. The first kappa shape index (κ1) is 14.3. The van der Waals surface area contributed by atoms with Gasteiger partial charge in [-0.25, -0.2) is 0 Å². The van der Waals surface area contributed by atoms with Gasteiger partial charge in [0.05, 0.1) is 5.00 Å². The number of alkyl halides is 1. The first-order valence-electron chi connectivity index (χ1n) is 6.00.